The largest absolute Gasteiger partial charge is 0.398 e. The Hall–Kier alpha value is 0.420. The van der Waals surface area contributed by atoms with Crippen LogP contribution in [0, 0.1) is 0 Å². The molecule has 0 bridgehead atoms. The van der Waals surface area contributed by atoms with Crippen LogP contribution in [0.15, 0.2) is 21.1 Å². The number of nitrogen functional groups attached to an aromatic ring is 1. The summed E-state index contributed by atoms with van der Waals surface area (Å²) in [6, 6.07) is 3.66. The summed E-state index contributed by atoms with van der Waals surface area (Å²) in [6.45, 7) is 0. The van der Waals surface area contributed by atoms with Gasteiger partial charge in [-0.1, -0.05) is 31.9 Å². The second-order valence-electron chi connectivity index (χ2n) is 2.56. The molecule has 0 amide bonds. The fraction of sp³-hybridized carbons (Fsp3) is 0.250. The Kier molecular flexibility index (Phi) is 4.22. The minimum Gasteiger partial charge on any atom is -0.398 e. The number of aliphatic hydroxyl groups excluding tert-OH is 1. The molecule has 1 aromatic rings. The zero-order valence-electron chi connectivity index (χ0n) is 6.60. The molecule has 0 aliphatic carbocycles. The van der Waals surface area contributed by atoms with Crippen LogP contribution < -0.4 is 5.73 Å². The van der Waals surface area contributed by atoms with Crippen LogP contribution in [0.1, 0.15) is 11.7 Å². The van der Waals surface area contributed by atoms with Crippen molar-refractivity contribution in [3.05, 3.63) is 26.6 Å². The number of benzene rings is 1. The standard InChI is InChI=1S/C8H8Br3NO/c9-3-7(13)5-1-4(10)2-6(11)8(5)12/h1-2,7,13H,3,12H2. The number of halogens is 3. The molecule has 72 valence electrons. The van der Waals surface area contributed by atoms with E-state index in [1.54, 1.807) is 0 Å². The van der Waals surface area contributed by atoms with Gasteiger partial charge in [0.15, 0.2) is 0 Å². The Bertz CT molecular complexity index is 317. The Morgan fingerprint density at radius 3 is 2.54 bits per heavy atom. The van der Waals surface area contributed by atoms with Gasteiger partial charge in [0.05, 0.1) is 11.8 Å². The van der Waals surface area contributed by atoms with Gasteiger partial charge in [0.2, 0.25) is 0 Å². The van der Waals surface area contributed by atoms with Gasteiger partial charge in [-0.15, -0.1) is 0 Å². The molecule has 0 saturated carbocycles. The minimum absolute atomic E-state index is 0.472. The van der Waals surface area contributed by atoms with Crippen molar-refractivity contribution >= 4 is 53.5 Å². The third-order valence-corrected chi connectivity index (χ3v) is 3.36. The average molecular weight is 374 g/mol. The molecule has 0 fully saturated rings. The zero-order chi connectivity index (χ0) is 10.0. The molecule has 0 aromatic heterocycles. The first kappa shape index (κ1) is 11.5. The molecule has 0 spiro atoms. The number of hydrogen-bond acceptors (Lipinski definition) is 2. The minimum atomic E-state index is -0.575. The number of aliphatic hydroxyl groups is 1. The van der Waals surface area contributed by atoms with Gasteiger partial charge in [-0.05, 0) is 28.1 Å². The van der Waals surface area contributed by atoms with Crippen LogP contribution in [0.4, 0.5) is 5.69 Å². The quantitative estimate of drug-likeness (QED) is 0.617. The van der Waals surface area contributed by atoms with E-state index in [9.17, 15) is 5.11 Å². The number of rotatable bonds is 2. The third kappa shape index (κ3) is 2.68. The summed E-state index contributed by atoms with van der Waals surface area (Å²) in [5.74, 6) is 0. The molecule has 2 nitrogen and oxygen atoms in total. The normalized spacial score (nSPS) is 12.9. The first-order valence-corrected chi connectivity index (χ1v) is 6.25. The fourth-order valence-electron chi connectivity index (χ4n) is 0.963. The SMILES string of the molecule is Nc1c(Br)cc(Br)cc1C(O)CBr. The van der Waals surface area contributed by atoms with Crippen molar-refractivity contribution in [1.82, 2.24) is 0 Å². The summed E-state index contributed by atoms with van der Waals surface area (Å²) in [5.41, 5.74) is 7.08. The van der Waals surface area contributed by atoms with Crippen molar-refractivity contribution in [2.75, 3.05) is 11.1 Å². The monoisotopic (exact) mass is 371 g/mol. The van der Waals surface area contributed by atoms with Gasteiger partial charge in [0, 0.05) is 19.8 Å². The average Bonchev–Trinajstić information content (AvgIpc) is 2.10. The number of hydrogen-bond donors (Lipinski definition) is 2. The van der Waals surface area contributed by atoms with Crippen molar-refractivity contribution in [2.24, 2.45) is 0 Å². The zero-order valence-corrected chi connectivity index (χ0v) is 11.4. The van der Waals surface area contributed by atoms with Crippen molar-refractivity contribution in [3.63, 3.8) is 0 Å². The molecule has 13 heavy (non-hydrogen) atoms. The van der Waals surface area contributed by atoms with E-state index in [0.717, 1.165) is 14.5 Å². The lowest BCUT2D eigenvalue weighted by Gasteiger charge is -2.12. The molecule has 1 aromatic carbocycles. The first-order chi connectivity index (χ1) is 6.06. The van der Waals surface area contributed by atoms with Gasteiger partial charge in [-0.3, -0.25) is 0 Å². The molecule has 1 rings (SSSR count). The second kappa shape index (κ2) is 4.77. The molecule has 0 aliphatic rings. The summed E-state index contributed by atoms with van der Waals surface area (Å²) in [4.78, 5) is 0. The number of nitrogens with two attached hydrogens (primary N) is 1. The summed E-state index contributed by atoms with van der Waals surface area (Å²) in [7, 11) is 0. The van der Waals surface area contributed by atoms with Crippen molar-refractivity contribution in [1.29, 1.82) is 0 Å². The van der Waals surface area contributed by atoms with E-state index in [1.165, 1.54) is 0 Å². The van der Waals surface area contributed by atoms with E-state index < -0.39 is 6.10 Å². The van der Waals surface area contributed by atoms with Crippen LogP contribution >= 0.6 is 47.8 Å². The number of anilines is 1. The van der Waals surface area contributed by atoms with Gasteiger partial charge in [0.25, 0.3) is 0 Å². The van der Waals surface area contributed by atoms with Crippen LogP contribution in [-0.4, -0.2) is 10.4 Å². The maximum atomic E-state index is 9.59. The first-order valence-electron chi connectivity index (χ1n) is 3.54. The third-order valence-electron chi connectivity index (χ3n) is 1.63. The van der Waals surface area contributed by atoms with E-state index in [-0.39, 0.29) is 0 Å². The molecule has 0 aliphatic heterocycles. The lowest BCUT2D eigenvalue weighted by atomic mass is 10.1. The van der Waals surface area contributed by atoms with E-state index in [1.807, 2.05) is 12.1 Å². The maximum absolute atomic E-state index is 9.59. The summed E-state index contributed by atoms with van der Waals surface area (Å²) in [5, 5.41) is 10.1. The molecule has 1 atom stereocenters. The molecule has 0 radical (unpaired) electrons. The smallest absolute Gasteiger partial charge is 0.0907 e. The van der Waals surface area contributed by atoms with Gasteiger partial charge < -0.3 is 10.8 Å². The topological polar surface area (TPSA) is 46.2 Å². The molecule has 3 N–H and O–H groups in total. The summed E-state index contributed by atoms with van der Waals surface area (Å²) < 4.78 is 1.68. The highest BCUT2D eigenvalue weighted by Gasteiger charge is 2.12. The summed E-state index contributed by atoms with van der Waals surface area (Å²) in [6.07, 6.45) is -0.575. The Labute approximate surface area is 102 Å². The maximum Gasteiger partial charge on any atom is 0.0907 e. The predicted octanol–water partition coefficient (Wildman–Crippen LogP) is 3.22. The van der Waals surface area contributed by atoms with Crippen LogP contribution in [0.5, 0.6) is 0 Å². The number of alkyl halides is 1. The van der Waals surface area contributed by atoms with Gasteiger partial charge in [-0.2, -0.15) is 0 Å². The molecular formula is C8H8Br3NO. The van der Waals surface area contributed by atoms with Gasteiger partial charge >= 0.3 is 0 Å². The van der Waals surface area contributed by atoms with Gasteiger partial charge in [0.1, 0.15) is 0 Å². The van der Waals surface area contributed by atoms with Crippen molar-refractivity contribution < 1.29 is 5.11 Å². The highest BCUT2D eigenvalue weighted by atomic mass is 79.9. The van der Waals surface area contributed by atoms with Gasteiger partial charge in [-0.25, -0.2) is 0 Å². The van der Waals surface area contributed by atoms with Crippen molar-refractivity contribution in [2.45, 2.75) is 6.10 Å². The lowest BCUT2D eigenvalue weighted by Crippen LogP contribution is -2.03. The van der Waals surface area contributed by atoms with Crippen molar-refractivity contribution in [3.8, 4) is 0 Å². The van der Waals surface area contributed by atoms with E-state index in [2.05, 4.69) is 47.8 Å². The van der Waals surface area contributed by atoms with Crippen LogP contribution in [0.3, 0.4) is 0 Å². The lowest BCUT2D eigenvalue weighted by molar-refractivity contribution is 0.206. The highest BCUT2D eigenvalue weighted by Crippen LogP contribution is 2.32. The Balaban J connectivity index is 3.20. The molecule has 0 heterocycles. The van der Waals surface area contributed by atoms with E-state index >= 15 is 0 Å². The molecule has 1 unspecified atom stereocenters. The van der Waals surface area contributed by atoms with Crippen LogP contribution in [0.25, 0.3) is 0 Å². The predicted molar refractivity (Wildman–Crippen MR) is 65.0 cm³/mol. The van der Waals surface area contributed by atoms with Crippen LogP contribution in [-0.2, 0) is 0 Å². The van der Waals surface area contributed by atoms with E-state index in [4.69, 9.17) is 5.73 Å². The highest BCUT2D eigenvalue weighted by molar-refractivity contribution is 9.11. The second-order valence-corrected chi connectivity index (χ2v) is 4.98. The molecule has 5 heteroatoms. The molecular weight excluding hydrogens is 366 g/mol. The Morgan fingerprint density at radius 1 is 1.38 bits per heavy atom. The fourth-order valence-corrected chi connectivity index (χ4v) is 2.57. The van der Waals surface area contributed by atoms with Crippen LogP contribution in [0.2, 0.25) is 0 Å². The van der Waals surface area contributed by atoms with E-state index in [0.29, 0.717) is 11.0 Å². The summed E-state index contributed by atoms with van der Waals surface area (Å²) >= 11 is 9.84. The Morgan fingerprint density at radius 2 is 2.00 bits per heavy atom. The molecule has 0 saturated heterocycles.